The van der Waals surface area contributed by atoms with Gasteiger partial charge in [0.1, 0.15) is 29.3 Å². The van der Waals surface area contributed by atoms with Crippen LogP contribution in [0.3, 0.4) is 0 Å². The molecule has 0 saturated heterocycles. The van der Waals surface area contributed by atoms with Gasteiger partial charge >= 0.3 is 0 Å². The number of nitrogens with zero attached hydrogens (tertiary/aromatic N) is 4. The lowest BCUT2D eigenvalue weighted by Gasteiger charge is -2.25. The van der Waals surface area contributed by atoms with Crippen LogP contribution in [0.4, 0.5) is 4.39 Å². The van der Waals surface area contributed by atoms with Crippen molar-refractivity contribution in [3.8, 4) is 0 Å². The summed E-state index contributed by atoms with van der Waals surface area (Å²) in [5.74, 6) is 2.24. The third kappa shape index (κ3) is 4.07. The van der Waals surface area contributed by atoms with E-state index in [9.17, 15) is 4.39 Å². The second-order valence-electron chi connectivity index (χ2n) is 6.45. The van der Waals surface area contributed by atoms with Gasteiger partial charge in [0.2, 0.25) is 0 Å². The average molecular weight is 484 g/mol. The van der Waals surface area contributed by atoms with E-state index in [4.69, 9.17) is 4.42 Å². The highest BCUT2D eigenvalue weighted by Crippen LogP contribution is 2.25. The Kier molecular flexibility index (Phi) is 5.98. The molecule has 3 aromatic rings. The number of aliphatic imine (C=N–C) groups is 1. The number of benzene rings is 1. The van der Waals surface area contributed by atoms with Crippen LogP contribution >= 0.6 is 24.0 Å². The van der Waals surface area contributed by atoms with Crippen LogP contribution in [0.15, 0.2) is 33.9 Å². The molecule has 1 unspecified atom stereocenters. The van der Waals surface area contributed by atoms with Gasteiger partial charge in [-0.1, -0.05) is 0 Å². The summed E-state index contributed by atoms with van der Waals surface area (Å²) >= 11 is 0. The molecule has 0 amide bonds. The Morgan fingerprint density at radius 3 is 3.11 bits per heavy atom. The molecule has 3 heterocycles. The van der Waals surface area contributed by atoms with Crippen molar-refractivity contribution in [3.05, 3.63) is 47.5 Å². The molecule has 1 aromatic carbocycles. The van der Waals surface area contributed by atoms with E-state index in [-0.39, 0.29) is 35.8 Å². The van der Waals surface area contributed by atoms with Crippen molar-refractivity contribution in [2.24, 2.45) is 4.99 Å². The van der Waals surface area contributed by atoms with Crippen LogP contribution in [0.2, 0.25) is 0 Å². The molecule has 1 aliphatic heterocycles. The number of hydrogen-bond acceptors (Lipinski definition) is 4. The Hall–Kier alpha value is -2.17. The van der Waals surface area contributed by atoms with Crippen molar-refractivity contribution in [3.63, 3.8) is 0 Å². The number of rotatable bonds is 3. The van der Waals surface area contributed by atoms with Crippen LogP contribution in [0.1, 0.15) is 23.6 Å². The summed E-state index contributed by atoms with van der Waals surface area (Å²) in [5.41, 5.74) is 1.63. The van der Waals surface area contributed by atoms with Gasteiger partial charge in [-0.15, -0.1) is 24.0 Å². The summed E-state index contributed by atoms with van der Waals surface area (Å²) in [6.45, 7) is 3.17. The molecule has 7 nitrogen and oxygen atoms in total. The standard InChI is InChI=1S/C18H21FN6O.HI/c1-11-14-7-12(19)3-5-15(14)26-16(11)8-21-18(20-2)24-13-4-6-17-22-10-23-25(17)9-13;/h3,5,7,10,13H,4,6,8-9H2,1-2H3,(H2,20,21,24);1H. The number of guanidine groups is 1. The fourth-order valence-corrected chi connectivity index (χ4v) is 3.32. The van der Waals surface area contributed by atoms with E-state index < -0.39 is 0 Å². The fourth-order valence-electron chi connectivity index (χ4n) is 3.32. The normalized spacial score (nSPS) is 16.7. The van der Waals surface area contributed by atoms with Crippen molar-refractivity contribution in [2.75, 3.05) is 7.05 Å². The molecule has 144 valence electrons. The Bertz CT molecular complexity index is 966. The van der Waals surface area contributed by atoms with Crippen LogP contribution in [0, 0.1) is 12.7 Å². The first-order valence-corrected chi connectivity index (χ1v) is 8.65. The highest BCUT2D eigenvalue weighted by Gasteiger charge is 2.20. The number of aryl methyl sites for hydroxylation is 2. The molecule has 1 aliphatic rings. The number of furan rings is 1. The van der Waals surface area contributed by atoms with Crippen molar-refractivity contribution < 1.29 is 8.81 Å². The lowest BCUT2D eigenvalue weighted by atomic mass is 10.1. The number of hydrogen-bond donors (Lipinski definition) is 2. The second-order valence-corrected chi connectivity index (χ2v) is 6.45. The van der Waals surface area contributed by atoms with Gasteiger partial charge in [0, 0.05) is 30.5 Å². The first kappa shape index (κ1) is 19.6. The van der Waals surface area contributed by atoms with Crippen molar-refractivity contribution in [1.82, 2.24) is 25.4 Å². The van der Waals surface area contributed by atoms with Crippen molar-refractivity contribution in [1.29, 1.82) is 0 Å². The van der Waals surface area contributed by atoms with E-state index in [1.807, 2.05) is 11.6 Å². The lowest BCUT2D eigenvalue weighted by molar-refractivity contribution is 0.392. The minimum Gasteiger partial charge on any atom is -0.459 e. The van der Waals surface area contributed by atoms with E-state index >= 15 is 0 Å². The first-order chi connectivity index (χ1) is 12.6. The predicted octanol–water partition coefficient (Wildman–Crippen LogP) is 2.77. The maximum atomic E-state index is 13.4. The van der Waals surface area contributed by atoms with E-state index in [1.165, 1.54) is 12.1 Å². The average Bonchev–Trinajstić information content (AvgIpc) is 3.23. The highest BCUT2D eigenvalue weighted by atomic mass is 127. The van der Waals surface area contributed by atoms with E-state index in [1.54, 1.807) is 19.4 Å². The maximum absolute atomic E-state index is 13.4. The van der Waals surface area contributed by atoms with Crippen LogP contribution in [-0.2, 0) is 19.5 Å². The van der Waals surface area contributed by atoms with Gasteiger partial charge in [0.15, 0.2) is 5.96 Å². The summed E-state index contributed by atoms with van der Waals surface area (Å²) in [6.07, 6.45) is 3.46. The Morgan fingerprint density at radius 2 is 2.30 bits per heavy atom. The van der Waals surface area contributed by atoms with Crippen molar-refractivity contribution in [2.45, 2.75) is 38.9 Å². The minimum absolute atomic E-state index is 0. The SMILES string of the molecule is CN=C(NCc1oc2ccc(F)cc2c1C)NC1CCc2ncnn2C1.I. The number of nitrogens with one attached hydrogen (secondary N) is 2. The molecule has 0 fully saturated rings. The number of halogens is 2. The third-order valence-electron chi connectivity index (χ3n) is 4.78. The van der Waals surface area contributed by atoms with Gasteiger partial charge in [-0.3, -0.25) is 4.99 Å². The molecule has 0 aliphatic carbocycles. The molecule has 4 rings (SSSR count). The molecule has 0 radical (unpaired) electrons. The van der Waals surface area contributed by atoms with Crippen LogP contribution < -0.4 is 10.6 Å². The smallest absolute Gasteiger partial charge is 0.191 e. The quantitative estimate of drug-likeness (QED) is 0.340. The topological polar surface area (TPSA) is 80.3 Å². The monoisotopic (exact) mass is 484 g/mol. The Labute approximate surface area is 173 Å². The van der Waals surface area contributed by atoms with Gasteiger partial charge < -0.3 is 15.1 Å². The highest BCUT2D eigenvalue weighted by molar-refractivity contribution is 14.0. The molecule has 0 saturated carbocycles. The summed E-state index contributed by atoms with van der Waals surface area (Å²) in [6, 6.07) is 4.81. The second kappa shape index (κ2) is 8.24. The molecule has 9 heteroatoms. The largest absolute Gasteiger partial charge is 0.459 e. The summed E-state index contributed by atoms with van der Waals surface area (Å²) in [5, 5.41) is 11.7. The molecule has 1 atom stereocenters. The molecule has 0 spiro atoms. The van der Waals surface area contributed by atoms with E-state index in [2.05, 4.69) is 25.7 Å². The Morgan fingerprint density at radius 1 is 1.44 bits per heavy atom. The fraction of sp³-hybridized carbons (Fsp3) is 0.389. The zero-order valence-electron chi connectivity index (χ0n) is 15.2. The van der Waals surface area contributed by atoms with E-state index in [0.717, 1.165) is 41.9 Å². The van der Waals surface area contributed by atoms with Gasteiger partial charge in [0.25, 0.3) is 0 Å². The zero-order chi connectivity index (χ0) is 18.1. The molecule has 2 N–H and O–H groups in total. The third-order valence-corrected chi connectivity index (χ3v) is 4.78. The van der Waals surface area contributed by atoms with Crippen molar-refractivity contribution >= 4 is 40.9 Å². The molecule has 0 bridgehead atoms. The van der Waals surface area contributed by atoms with Crippen LogP contribution in [0.25, 0.3) is 11.0 Å². The predicted molar refractivity (Wildman–Crippen MR) is 112 cm³/mol. The van der Waals surface area contributed by atoms with Crippen LogP contribution in [0.5, 0.6) is 0 Å². The van der Waals surface area contributed by atoms with Gasteiger partial charge in [0.05, 0.1) is 13.1 Å². The maximum Gasteiger partial charge on any atom is 0.191 e. The summed E-state index contributed by atoms with van der Waals surface area (Å²) in [4.78, 5) is 8.53. The number of aromatic nitrogens is 3. The van der Waals surface area contributed by atoms with Gasteiger partial charge in [-0.25, -0.2) is 14.1 Å². The van der Waals surface area contributed by atoms with Gasteiger partial charge in [-0.2, -0.15) is 5.10 Å². The van der Waals surface area contributed by atoms with Gasteiger partial charge in [-0.05, 0) is 31.5 Å². The van der Waals surface area contributed by atoms with E-state index in [0.29, 0.717) is 18.1 Å². The molecular formula is C18H22FIN6O. The Balaban J connectivity index is 0.00000210. The number of fused-ring (bicyclic) bond motifs is 2. The molecule has 27 heavy (non-hydrogen) atoms. The molecular weight excluding hydrogens is 462 g/mol. The lowest BCUT2D eigenvalue weighted by Crippen LogP contribution is -2.46. The summed E-state index contributed by atoms with van der Waals surface area (Å²) in [7, 11) is 1.74. The zero-order valence-corrected chi connectivity index (χ0v) is 17.5. The van der Waals surface area contributed by atoms with Crippen LogP contribution in [-0.4, -0.2) is 33.8 Å². The first-order valence-electron chi connectivity index (χ1n) is 8.65. The summed E-state index contributed by atoms with van der Waals surface area (Å²) < 4.78 is 21.2. The molecule has 2 aromatic heterocycles. The minimum atomic E-state index is -0.261.